The van der Waals surface area contributed by atoms with E-state index in [9.17, 15) is 9.59 Å². The number of fused-ring (bicyclic) bond motifs is 2. The molecule has 0 fully saturated rings. The molecule has 0 aliphatic carbocycles. The number of esters is 1. The van der Waals surface area contributed by atoms with Gasteiger partial charge in [-0.3, -0.25) is 0 Å². The first-order valence-corrected chi connectivity index (χ1v) is 10.3. The number of para-hydroxylation sites is 1. The van der Waals surface area contributed by atoms with Crippen LogP contribution in [0.2, 0.25) is 0 Å². The lowest BCUT2D eigenvalue weighted by molar-refractivity contribution is -0.139. The van der Waals surface area contributed by atoms with E-state index in [4.69, 9.17) is 14.2 Å². The molecule has 0 radical (unpaired) electrons. The first kappa shape index (κ1) is 19.3. The number of hydrogen-bond acceptors (Lipinski definition) is 6. The molecule has 0 aromatic heterocycles. The Labute approximate surface area is 179 Å². The molecule has 5 rings (SSSR count). The number of carbonyl (C=O) groups excluding carboxylic acids is 2. The number of anilines is 1. The van der Waals surface area contributed by atoms with E-state index in [2.05, 4.69) is 27.7 Å². The molecule has 3 heterocycles. The number of hydrogen-bond donors (Lipinski definition) is 2. The minimum atomic E-state index is -0.657. The van der Waals surface area contributed by atoms with Crippen molar-refractivity contribution in [3.05, 3.63) is 64.9 Å². The Hall–Kier alpha value is -3.68. The topological polar surface area (TPSA) is 89.1 Å². The molecule has 31 heavy (non-hydrogen) atoms. The Morgan fingerprint density at radius 3 is 2.90 bits per heavy atom. The van der Waals surface area contributed by atoms with Gasteiger partial charge >= 0.3 is 12.0 Å². The maximum absolute atomic E-state index is 13.0. The second-order valence-electron chi connectivity index (χ2n) is 7.56. The summed E-state index contributed by atoms with van der Waals surface area (Å²) in [6.07, 6.45) is 0.927. The fraction of sp³-hybridized carbons (Fsp3) is 0.304. The molecule has 160 valence electrons. The third-order valence-corrected chi connectivity index (χ3v) is 5.71. The fourth-order valence-corrected chi connectivity index (χ4v) is 4.30. The van der Waals surface area contributed by atoms with Crippen molar-refractivity contribution < 1.29 is 23.8 Å². The molecule has 8 heteroatoms. The third kappa shape index (κ3) is 3.54. The summed E-state index contributed by atoms with van der Waals surface area (Å²) in [5.74, 6) is 0.767. The van der Waals surface area contributed by atoms with E-state index in [1.54, 1.807) is 19.1 Å². The summed E-state index contributed by atoms with van der Waals surface area (Å²) < 4.78 is 16.2. The minimum Gasteiger partial charge on any atom is -0.463 e. The lowest BCUT2D eigenvalue weighted by Crippen LogP contribution is -2.48. The van der Waals surface area contributed by atoms with Gasteiger partial charge in [-0.2, -0.15) is 0 Å². The molecule has 3 aliphatic rings. The van der Waals surface area contributed by atoms with Crippen LogP contribution in [0.15, 0.2) is 53.7 Å². The van der Waals surface area contributed by atoms with Gasteiger partial charge in [-0.25, -0.2) is 9.59 Å². The van der Waals surface area contributed by atoms with Crippen molar-refractivity contribution in [2.24, 2.45) is 0 Å². The number of ether oxygens (including phenoxy) is 3. The molecule has 0 spiro atoms. The van der Waals surface area contributed by atoms with Crippen LogP contribution in [0.5, 0.6) is 11.5 Å². The number of urea groups is 1. The zero-order valence-corrected chi connectivity index (χ0v) is 17.1. The quantitative estimate of drug-likeness (QED) is 0.722. The van der Waals surface area contributed by atoms with Crippen molar-refractivity contribution in [2.45, 2.75) is 19.4 Å². The summed E-state index contributed by atoms with van der Waals surface area (Å²) in [7, 11) is 0. The molecule has 2 aromatic carbocycles. The Bertz CT molecular complexity index is 1080. The summed E-state index contributed by atoms with van der Waals surface area (Å²) in [6, 6.07) is 12.6. The Morgan fingerprint density at radius 1 is 1.19 bits per heavy atom. The Morgan fingerprint density at radius 2 is 2.03 bits per heavy atom. The van der Waals surface area contributed by atoms with Crippen LogP contribution in [0.3, 0.4) is 0 Å². The van der Waals surface area contributed by atoms with Gasteiger partial charge in [0.2, 0.25) is 6.79 Å². The molecular formula is C23H23N3O5. The Balaban J connectivity index is 1.54. The monoisotopic (exact) mass is 421 g/mol. The maximum atomic E-state index is 13.0. The molecule has 0 unspecified atom stereocenters. The first-order chi connectivity index (χ1) is 15.1. The summed E-state index contributed by atoms with van der Waals surface area (Å²) in [4.78, 5) is 27.7. The van der Waals surface area contributed by atoms with E-state index in [-0.39, 0.29) is 19.4 Å². The van der Waals surface area contributed by atoms with Gasteiger partial charge in [0, 0.05) is 12.2 Å². The number of nitrogens with one attached hydrogen (secondary N) is 2. The SMILES string of the molecule is CCOC(=O)C1=C(CN2CCc3ccccc32)NC(=O)N[C@@H]1c1ccc2c(c1)OCO2. The second-order valence-corrected chi connectivity index (χ2v) is 7.56. The van der Waals surface area contributed by atoms with Crippen molar-refractivity contribution >= 4 is 17.7 Å². The van der Waals surface area contributed by atoms with E-state index < -0.39 is 12.0 Å². The highest BCUT2D eigenvalue weighted by Gasteiger charge is 2.35. The minimum absolute atomic E-state index is 0.150. The number of nitrogens with zero attached hydrogens (tertiary/aromatic N) is 1. The molecule has 3 aliphatic heterocycles. The number of carbonyl (C=O) groups is 2. The molecule has 2 N–H and O–H groups in total. The highest BCUT2D eigenvalue weighted by atomic mass is 16.7. The van der Waals surface area contributed by atoms with Gasteiger partial charge in [0.25, 0.3) is 0 Å². The van der Waals surface area contributed by atoms with Gasteiger partial charge in [-0.05, 0) is 42.7 Å². The lowest BCUT2D eigenvalue weighted by Gasteiger charge is -2.31. The van der Waals surface area contributed by atoms with Gasteiger partial charge in [0.1, 0.15) is 0 Å². The van der Waals surface area contributed by atoms with Crippen LogP contribution in [-0.2, 0) is 16.0 Å². The van der Waals surface area contributed by atoms with Crippen LogP contribution in [0.4, 0.5) is 10.5 Å². The van der Waals surface area contributed by atoms with Gasteiger partial charge < -0.3 is 29.7 Å². The van der Waals surface area contributed by atoms with Crippen molar-refractivity contribution in [2.75, 3.05) is 31.4 Å². The van der Waals surface area contributed by atoms with Crippen molar-refractivity contribution in [1.82, 2.24) is 10.6 Å². The fourth-order valence-electron chi connectivity index (χ4n) is 4.30. The zero-order chi connectivity index (χ0) is 21.4. The van der Waals surface area contributed by atoms with Gasteiger partial charge in [0.05, 0.1) is 30.5 Å². The average molecular weight is 421 g/mol. The highest BCUT2D eigenvalue weighted by Crippen LogP contribution is 2.37. The van der Waals surface area contributed by atoms with Crippen LogP contribution >= 0.6 is 0 Å². The predicted molar refractivity (Wildman–Crippen MR) is 113 cm³/mol. The molecular weight excluding hydrogens is 398 g/mol. The van der Waals surface area contributed by atoms with Crippen LogP contribution in [0.1, 0.15) is 24.1 Å². The summed E-state index contributed by atoms with van der Waals surface area (Å²) in [5.41, 5.74) is 4.03. The summed E-state index contributed by atoms with van der Waals surface area (Å²) in [6.45, 7) is 3.37. The van der Waals surface area contributed by atoms with E-state index in [1.807, 2.05) is 18.2 Å². The molecule has 0 saturated carbocycles. The van der Waals surface area contributed by atoms with Crippen molar-refractivity contribution in [1.29, 1.82) is 0 Å². The van der Waals surface area contributed by atoms with E-state index >= 15 is 0 Å². The molecule has 2 amide bonds. The van der Waals surface area contributed by atoms with Gasteiger partial charge in [-0.1, -0.05) is 24.3 Å². The first-order valence-electron chi connectivity index (χ1n) is 10.3. The average Bonchev–Trinajstić information content (AvgIpc) is 3.40. The predicted octanol–water partition coefficient (Wildman–Crippen LogP) is 2.65. The van der Waals surface area contributed by atoms with Crippen LogP contribution < -0.4 is 25.0 Å². The number of rotatable bonds is 5. The molecule has 1 atom stereocenters. The van der Waals surface area contributed by atoms with Crippen LogP contribution in [0, 0.1) is 0 Å². The maximum Gasteiger partial charge on any atom is 0.338 e. The molecule has 0 saturated heterocycles. The normalized spacial score (nSPS) is 19.1. The largest absolute Gasteiger partial charge is 0.463 e. The lowest BCUT2D eigenvalue weighted by atomic mass is 9.94. The number of amides is 2. The van der Waals surface area contributed by atoms with E-state index in [1.165, 1.54) is 5.56 Å². The van der Waals surface area contributed by atoms with Crippen molar-refractivity contribution in [3.63, 3.8) is 0 Å². The van der Waals surface area contributed by atoms with E-state index in [0.29, 0.717) is 29.3 Å². The molecule has 8 nitrogen and oxygen atoms in total. The Kier molecular flexibility index (Phi) is 4.89. The van der Waals surface area contributed by atoms with Gasteiger partial charge in [0.15, 0.2) is 11.5 Å². The second kappa shape index (κ2) is 7.86. The van der Waals surface area contributed by atoms with Gasteiger partial charge in [-0.15, -0.1) is 0 Å². The zero-order valence-electron chi connectivity index (χ0n) is 17.1. The summed E-state index contributed by atoms with van der Waals surface area (Å²) in [5, 5.41) is 5.71. The van der Waals surface area contributed by atoms with Crippen molar-refractivity contribution in [3.8, 4) is 11.5 Å². The third-order valence-electron chi connectivity index (χ3n) is 5.71. The molecule has 2 aromatic rings. The molecule has 0 bridgehead atoms. The smallest absolute Gasteiger partial charge is 0.338 e. The van der Waals surface area contributed by atoms with Crippen LogP contribution in [0.25, 0.3) is 0 Å². The standard InChI is InChI=1S/C23H23N3O5/c1-2-29-22(27)20-16(12-26-10-9-14-5-3-4-6-17(14)26)24-23(28)25-21(20)15-7-8-18-19(11-15)31-13-30-18/h3-8,11,21H,2,9-10,12-13H2,1H3,(H2,24,25,28)/t21-/m1/s1. The number of benzene rings is 2. The summed E-state index contributed by atoms with van der Waals surface area (Å²) >= 11 is 0. The van der Waals surface area contributed by atoms with Crippen LogP contribution in [-0.4, -0.2) is 38.5 Å². The van der Waals surface area contributed by atoms with E-state index in [0.717, 1.165) is 24.2 Å². The highest BCUT2D eigenvalue weighted by molar-refractivity contribution is 5.95.